The Hall–Kier alpha value is -2.66. The third-order valence-electron chi connectivity index (χ3n) is 4.20. The Balaban J connectivity index is 1.58. The lowest BCUT2D eigenvalue weighted by atomic mass is 10.1. The summed E-state index contributed by atoms with van der Waals surface area (Å²) in [5.41, 5.74) is 3.31. The normalized spacial score (nSPS) is 17.5. The van der Waals surface area contributed by atoms with Crippen molar-refractivity contribution < 1.29 is 9.21 Å². The molecule has 3 heterocycles. The van der Waals surface area contributed by atoms with Crippen LogP contribution in [-0.2, 0) is 0 Å². The first-order chi connectivity index (χ1) is 11.3. The number of pyridine rings is 1. The standard InChI is InChI=1S/C18H17N3O2/c22-18(21-14-5-8-19-11-14)13-3-1-12(2-4-13)17-15-7-10-23-16(15)6-9-20-17/h1-4,6-7,9-10,14,19H,5,8,11H2,(H,21,22)/t14-/m0/s1. The summed E-state index contributed by atoms with van der Waals surface area (Å²) in [5.74, 6) is -0.0280. The fraction of sp³-hybridized carbons (Fsp3) is 0.222. The van der Waals surface area contributed by atoms with Crippen LogP contribution in [0.4, 0.5) is 0 Å². The van der Waals surface area contributed by atoms with Crippen LogP contribution < -0.4 is 10.6 Å². The third kappa shape index (κ3) is 2.71. The molecule has 4 rings (SSSR count). The van der Waals surface area contributed by atoms with Gasteiger partial charge in [-0.3, -0.25) is 9.78 Å². The van der Waals surface area contributed by atoms with E-state index in [4.69, 9.17) is 4.42 Å². The Bertz CT molecular complexity index is 833. The van der Waals surface area contributed by atoms with Crippen LogP contribution in [0.25, 0.3) is 22.2 Å². The lowest BCUT2D eigenvalue weighted by molar-refractivity contribution is 0.0940. The van der Waals surface area contributed by atoms with Gasteiger partial charge in [0, 0.05) is 35.3 Å². The van der Waals surface area contributed by atoms with Gasteiger partial charge >= 0.3 is 0 Å². The number of rotatable bonds is 3. The van der Waals surface area contributed by atoms with Crippen LogP contribution >= 0.6 is 0 Å². The highest BCUT2D eigenvalue weighted by Crippen LogP contribution is 2.27. The Morgan fingerprint density at radius 3 is 2.87 bits per heavy atom. The van der Waals surface area contributed by atoms with Crippen LogP contribution in [-0.4, -0.2) is 30.0 Å². The zero-order valence-electron chi connectivity index (χ0n) is 12.6. The third-order valence-corrected chi connectivity index (χ3v) is 4.20. The van der Waals surface area contributed by atoms with Gasteiger partial charge in [-0.25, -0.2) is 0 Å². The molecule has 5 heteroatoms. The van der Waals surface area contributed by atoms with Crippen LogP contribution in [0.2, 0.25) is 0 Å². The van der Waals surface area contributed by atoms with Crippen LogP contribution in [0.3, 0.4) is 0 Å². The second kappa shape index (κ2) is 5.85. The minimum absolute atomic E-state index is 0.0280. The number of nitrogens with zero attached hydrogens (tertiary/aromatic N) is 1. The fourth-order valence-electron chi connectivity index (χ4n) is 2.95. The van der Waals surface area contributed by atoms with Crippen molar-refractivity contribution in [3.8, 4) is 11.3 Å². The zero-order chi connectivity index (χ0) is 15.6. The minimum atomic E-state index is -0.0280. The molecular weight excluding hydrogens is 290 g/mol. The summed E-state index contributed by atoms with van der Waals surface area (Å²) in [6.45, 7) is 1.81. The van der Waals surface area contributed by atoms with Crippen molar-refractivity contribution in [1.82, 2.24) is 15.6 Å². The molecular formula is C18H17N3O2. The van der Waals surface area contributed by atoms with Crippen molar-refractivity contribution in [3.63, 3.8) is 0 Å². The molecule has 2 N–H and O–H groups in total. The van der Waals surface area contributed by atoms with E-state index in [0.29, 0.717) is 5.56 Å². The molecule has 0 saturated carbocycles. The lowest BCUT2D eigenvalue weighted by Crippen LogP contribution is -2.36. The van der Waals surface area contributed by atoms with Crippen molar-refractivity contribution in [2.24, 2.45) is 0 Å². The number of benzene rings is 1. The van der Waals surface area contributed by atoms with Crippen LogP contribution in [0.1, 0.15) is 16.8 Å². The Morgan fingerprint density at radius 2 is 2.09 bits per heavy atom. The van der Waals surface area contributed by atoms with E-state index in [1.165, 1.54) is 0 Å². The summed E-state index contributed by atoms with van der Waals surface area (Å²) in [6.07, 6.45) is 4.37. The van der Waals surface area contributed by atoms with Gasteiger partial charge in [0.05, 0.1) is 12.0 Å². The predicted octanol–water partition coefficient (Wildman–Crippen LogP) is 2.59. The number of aromatic nitrogens is 1. The van der Waals surface area contributed by atoms with Crippen molar-refractivity contribution in [2.75, 3.05) is 13.1 Å². The highest BCUT2D eigenvalue weighted by atomic mass is 16.3. The summed E-state index contributed by atoms with van der Waals surface area (Å²) in [5, 5.41) is 7.26. The molecule has 1 saturated heterocycles. The van der Waals surface area contributed by atoms with Gasteiger partial charge in [-0.05, 0) is 37.2 Å². The highest BCUT2D eigenvalue weighted by molar-refractivity contribution is 5.96. The van der Waals surface area contributed by atoms with E-state index in [1.54, 1.807) is 12.5 Å². The number of hydrogen-bond donors (Lipinski definition) is 2. The van der Waals surface area contributed by atoms with Crippen LogP contribution in [0, 0.1) is 0 Å². The zero-order valence-corrected chi connectivity index (χ0v) is 12.6. The average molecular weight is 307 g/mol. The Labute approximate surface area is 133 Å². The second-order valence-corrected chi connectivity index (χ2v) is 5.73. The minimum Gasteiger partial charge on any atom is -0.464 e. The Morgan fingerprint density at radius 1 is 1.22 bits per heavy atom. The first-order valence-electron chi connectivity index (χ1n) is 7.75. The first kappa shape index (κ1) is 14.0. The van der Waals surface area contributed by atoms with Crippen LogP contribution in [0.15, 0.2) is 53.3 Å². The maximum atomic E-state index is 12.2. The van der Waals surface area contributed by atoms with Crippen molar-refractivity contribution in [3.05, 3.63) is 54.4 Å². The molecule has 1 aliphatic heterocycles. The second-order valence-electron chi connectivity index (χ2n) is 5.73. The fourth-order valence-corrected chi connectivity index (χ4v) is 2.95. The SMILES string of the molecule is O=C(N[C@H]1CCNC1)c1ccc(-c2nccc3occc23)cc1. The monoisotopic (exact) mass is 307 g/mol. The van der Waals surface area contributed by atoms with Gasteiger partial charge in [0.25, 0.3) is 5.91 Å². The number of hydrogen-bond acceptors (Lipinski definition) is 4. The van der Waals surface area contributed by atoms with Crippen LogP contribution in [0.5, 0.6) is 0 Å². The molecule has 3 aromatic rings. The van der Waals surface area contributed by atoms with E-state index in [0.717, 1.165) is 41.7 Å². The molecule has 1 amide bonds. The highest BCUT2D eigenvalue weighted by Gasteiger charge is 2.17. The topological polar surface area (TPSA) is 67.2 Å². The number of nitrogens with one attached hydrogen (secondary N) is 2. The lowest BCUT2D eigenvalue weighted by Gasteiger charge is -2.11. The molecule has 1 aliphatic rings. The maximum Gasteiger partial charge on any atom is 0.251 e. The first-order valence-corrected chi connectivity index (χ1v) is 7.75. The van der Waals surface area contributed by atoms with Gasteiger partial charge < -0.3 is 15.1 Å². The van der Waals surface area contributed by atoms with Crippen molar-refractivity contribution in [1.29, 1.82) is 0 Å². The van der Waals surface area contributed by atoms with E-state index in [2.05, 4.69) is 15.6 Å². The maximum absolute atomic E-state index is 12.2. The average Bonchev–Trinajstić information content (AvgIpc) is 3.25. The summed E-state index contributed by atoms with van der Waals surface area (Å²) in [7, 11) is 0. The number of amides is 1. The molecule has 1 aromatic carbocycles. The van der Waals surface area contributed by atoms with Crippen molar-refractivity contribution in [2.45, 2.75) is 12.5 Å². The van der Waals surface area contributed by atoms with E-state index < -0.39 is 0 Å². The molecule has 0 radical (unpaired) electrons. The van der Waals surface area contributed by atoms with E-state index >= 15 is 0 Å². The molecule has 2 aromatic heterocycles. The number of carbonyl (C=O) groups excluding carboxylic acids is 1. The van der Waals surface area contributed by atoms with E-state index in [1.807, 2.05) is 36.4 Å². The van der Waals surface area contributed by atoms with Gasteiger partial charge in [0.2, 0.25) is 0 Å². The van der Waals surface area contributed by atoms with Gasteiger partial charge in [-0.1, -0.05) is 12.1 Å². The van der Waals surface area contributed by atoms with Gasteiger partial charge in [0.15, 0.2) is 0 Å². The number of carbonyl (C=O) groups is 1. The van der Waals surface area contributed by atoms with Gasteiger partial charge in [-0.2, -0.15) is 0 Å². The summed E-state index contributed by atoms with van der Waals surface area (Å²) in [4.78, 5) is 16.7. The number of fused-ring (bicyclic) bond motifs is 1. The molecule has 0 bridgehead atoms. The predicted molar refractivity (Wildman–Crippen MR) is 88.2 cm³/mol. The molecule has 0 unspecified atom stereocenters. The van der Waals surface area contributed by atoms with Crippen molar-refractivity contribution >= 4 is 16.9 Å². The summed E-state index contributed by atoms with van der Waals surface area (Å²) >= 11 is 0. The summed E-state index contributed by atoms with van der Waals surface area (Å²) in [6, 6.07) is 11.5. The van der Waals surface area contributed by atoms with Gasteiger partial charge in [0.1, 0.15) is 5.58 Å². The summed E-state index contributed by atoms with van der Waals surface area (Å²) < 4.78 is 5.41. The molecule has 0 spiro atoms. The molecule has 1 fully saturated rings. The largest absolute Gasteiger partial charge is 0.464 e. The van der Waals surface area contributed by atoms with E-state index in [9.17, 15) is 4.79 Å². The van der Waals surface area contributed by atoms with E-state index in [-0.39, 0.29) is 11.9 Å². The molecule has 5 nitrogen and oxygen atoms in total. The Kier molecular flexibility index (Phi) is 3.55. The molecule has 23 heavy (non-hydrogen) atoms. The van der Waals surface area contributed by atoms with Gasteiger partial charge in [-0.15, -0.1) is 0 Å². The quantitative estimate of drug-likeness (QED) is 0.780. The molecule has 116 valence electrons. The molecule has 1 atom stereocenters. The molecule has 0 aliphatic carbocycles. The smallest absolute Gasteiger partial charge is 0.251 e. The number of furan rings is 1.